The van der Waals surface area contributed by atoms with Gasteiger partial charge in [-0.25, -0.2) is 4.79 Å². The maximum absolute atomic E-state index is 13.2. The average molecular weight is 480 g/mol. The van der Waals surface area contributed by atoms with Crippen LogP contribution in [0.2, 0.25) is 0 Å². The van der Waals surface area contributed by atoms with Gasteiger partial charge >= 0.3 is 18.1 Å². The van der Waals surface area contributed by atoms with Crippen molar-refractivity contribution in [2.75, 3.05) is 6.61 Å². The molecular formula is C25H27F3O6. The first kappa shape index (κ1) is 24.4. The maximum Gasteiger partial charge on any atom is 0.490 e. The first-order valence-electron chi connectivity index (χ1n) is 11.4. The molecule has 0 aliphatic heterocycles. The van der Waals surface area contributed by atoms with Crippen LogP contribution >= 0.6 is 0 Å². The molecule has 0 spiro atoms. The van der Waals surface area contributed by atoms with Gasteiger partial charge in [-0.1, -0.05) is 31.6 Å². The van der Waals surface area contributed by atoms with E-state index in [0.29, 0.717) is 24.8 Å². The standard InChI is InChI=1S/C25H27F3O6/c1-13(29)33-12-19(31)18-7-6-17-16-5-4-14-10-15(30)8-9-23(14,2)21(16)20(11-24(17,18)3)34-22(32)25(26,27)28/h7-10,16-17,20-21H,4-6,11-12H2,1-3H3/t16-,17-,20?,21+,23-,24-/m0/s1. The molecule has 4 aliphatic carbocycles. The Hall–Kier alpha value is -2.71. The summed E-state index contributed by atoms with van der Waals surface area (Å²) in [4.78, 5) is 48.0. The van der Waals surface area contributed by atoms with Crippen LogP contribution in [0.4, 0.5) is 13.2 Å². The number of Topliss-reactive ketones (excluding diaryl/α,β-unsaturated/α-hetero) is 1. The number of alkyl halides is 3. The number of carbonyl (C=O) groups is 4. The zero-order chi connectivity index (χ0) is 25.1. The van der Waals surface area contributed by atoms with Gasteiger partial charge in [0.2, 0.25) is 0 Å². The van der Waals surface area contributed by atoms with Crippen LogP contribution in [-0.4, -0.2) is 42.4 Å². The van der Waals surface area contributed by atoms with Crippen LogP contribution in [0.15, 0.2) is 35.5 Å². The molecule has 2 fully saturated rings. The van der Waals surface area contributed by atoms with Crippen molar-refractivity contribution in [2.24, 2.45) is 28.6 Å². The summed E-state index contributed by atoms with van der Waals surface area (Å²) in [5, 5.41) is 0. The molecule has 4 aliphatic rings. The Balaban J connectivity index is 1.72. The molecule has 6 atom stereocenters. The minimum Gasteiger partial charge on any atom is -0.457 e. The molecule has 0 saturated heterocycles. The molecule has 0 aromatic rings. The highest BCUT2D eigenvalue weighted by Gasteiger charge is 2.62. The number of esters is 2. The maximum atomic E-state index is 13.2. The highest BCUT2D eigenvalue weighted by Crippen LogP contribution is 2.65. The summed E-state index contributed by atoms with van der Waals surface area (Å²) in [6.45, 7) is 4.44. The lowest BCUT2D eigenvalue weighted by molar-refractivity contribution is -0.217. The summed E-state index contributed by atoms with van der Waals surface area (Å²) >= 11 is 0. The van der Waals surface area contributed by atoms with Crippen molar-refractivity contribution >= 4 is 23.5 Å². The third-order valence-corrected chi connectivity index (χ3v) is 8.25. The molecule has 9 heteroatoms. The number of hydrogen-bond acceptors (Lipinski definition) is 6. The summed E-state index contributed by atoms with van der Waals surface area (Å²) in [5.74, 6) is -4.10. The van der Waals surface area contributed by atoms with Gasteiger partial charge in [0.25, 0.3) is 0 Å². The van der Waals surface area contributed by atoms with Gasteiger partial charge < -0.3 is 9.47 Å². The molecule has 184 valence electrons. The van der Waals surface area contributed by atoms with Crippen molar-refractivity contribution < 1.29 is 41.8 Å². The van der Waals surface area contributed by atoms with Gasteiger partial charge in [-0.2, -0.15) is 13.2 Å². The van der Waals surface area contributed by atoms with E-state index in [2.05, 4.69) is 0 Å². The molecule has 4 rings (SSSR count). The Morgan fingerprint density at radius 2 is 1.91 bits per heavy atom. The summed E-state index contributed by atoms with van der Waals surface area (Å²) in [6.07, 6.45) is 1.98. The van der Waals surface area contributed by atoms with Crippen LogP contribution < -0.4 is 0 Å². The lowest BCUT2D eigenvalue weighted by atomic mass is 9.46. The normalized spacial score (nSPS) is 36.5. The van der Waals surface area contributed by atoms with Crippen molar-refractivity contribution in [3.05, 3.63) is 35.5 Å². The Kier molecular flexibility index (Phi) is 5.89. The minimum atomic E-state index is -5.15. The van der Waals surface area contributed by atoms with Crippen molar-refractivity contribution in [2.45, 2.75) is 58.7 Å². The number of hydrogen-bond donors (Lipinski definition) is 0. The monoisotopic (exact) mass is 480 g/mol. The van der Waals surface area contributed by atoms with Gasteiger partial charge in [0.1, 0.15) is 6.10 Å². The number of rotatable bonds is 4. The summed E-state index contributed by atoms with van der Waals surface area (Å²) in [6, 6.07) is 0. The molecule has 0 N–H and O–H groups in total. The lowest BCUT2D eigenvalue weighted by Crippen LogP contribution is -2.57. The minimum absolute atomic E-state index is 0.0307. The van der Waals surface area contributed by atoms with E-state index in [1.54, 1.807) is 12.2 Å². The Bertz CT molecular complexity index is 1040. The molecule has 1 unspecified atom stereocenters. The average Bonchev–Trinajstić information content (AvgIpc) is 3.08. The van der Waals surface area contributed by atoms with Crippen LogP contribution in [0.5, 0.6) is 0 Å². The van der Waals surface area contributed by atoms with Crippen LogP contribution in [0.25, 0.3) is 0 Å². The molecule has 0 radical (unpaired) electrons. The molecule has 0 aromatic carbocycles. The molecule has 0 amide bonds. The topological polar surface area (TPSA) is 86.7 Å². The predicted octanol–water partition coefficient (Wildman–Crippen LogP) is 4.05. The quantitative estimate of drug-likeness (QED) is 0.565. The van der Waals surface area contributed by atoms with Gasteiger partial charge in [0, 0.05) is 29.2 Å². The SMILES string of the molecule is CC(=O)OCC(=O)C1=CC[C@H]2[C@@H]3CCC4=CC(=O)C=C[C@]4(C)[C@H]3C(OC(=O)C(F)(F)F)C[C@]12C. The Morgan fingerprint density at radius 1 is 1.21 bits per heavy atom. The van der Waals surface area contributed by atoms with E-state index < -0.39 is 53.4 Å². The fourth-order valence-electron chi connectivity index (χ4n) is 6.85. The van der Waals surface area contributed by atoms with E-state index in [4.69, 9.17) is 9.47 Å². The van der Waals surface area contributed by atoms with Gasteiger partial charge in [0.15, 0.2) is 18.2 Å². The highest BCUT2D eigenvalue weighted by atomic mass is 19.4. The molecule has 34 heavy (non-hydrogen) atoms. The number of fused-ring (bicyclic) bond motifs is 5. The van der Waals surface area contributed by atoms with E-state index in [9.17, 15) is 32.3 Å². The first-order chi connectivity index (χ1) is 15.8. The van der Waals surface area contributed by atoms with E-state index >= 15 is 0 Å². The van der Waals surface area contributed by atoms with Gasteiger partial charge in [-0.3, -0.25) is 14.4 Å². The van der Waals surface area contributed by atoms with Crippen LogP contribution in [0, 0.1) is 28.6 Å². The van der Waals surface area contributed by atoms with Crippen LogP contribution in [-0.2, 0) is 28.7 Å². The van der Waals surface area contributed by atoms with Crippen molar-refractivity contribution in [1.82, 2.24) is 0 Å². The van der Waals surface area contributed by atoms with E-state index in [1.807, 2.05) is 13.8 Å². The van der Waals surface area contributed by atoms with Gasteiger partial charge in [0.05, 0.1) is 0 Å². The second-order valence-corrected chi connectivity index (χ2v) is 10.1. The largest absolute Gasteiger partial charge is 0.490 e. The highest BCUT2D eigenvalue weighted by molar-refractivity contribution is 6.01. The Morgan fingerprint density at radius 3 is 2.56 bits per heavy atom. The number of ether oxygens (including phenoxy) is 2. The number of carbonyl (C=O) groups excluding carboxylic acids is 4. The molecule has 0 aromatic heterocycles. The van der Waals surface area contributed by atoms with Crippen molar-refractivity contribution in [3.63, 3.8) is 0 Å². The summed E-state index contributed by atoms with van der Waals surface area (Å²) in [5.41, 5.74) is -0.332. The first-order valence-corrected chi connectivity index (χ1v) is 11.4. The third-order valence-electron chi connectivity index (χ3n) is 8.25. The fourth-order valence-corrected chi connectivity index (χ4v) is 6.85. The second kappa shape index (κ2) is 8.20. The lowest BCUT2D eigenvalue weighted by Gasteiger charge is -2.58. The second-order valence-electron chi connectivity index (χ2n) is 10.1. The summed E-state index contributed by atoms with van der Waals surface area (Å²) < 4.78 is 49.6. The third kappa shape index (κ3) is 3.92. The summed E-state index contributed by atoms with van der Waals surface area (Å²) in [7, 11) is 0. The van der Waals surface area contributed by atoms with Crippen molar-refractivity contribution in [3.8, 4) is 0 Å². The van der Waals surface area contributed by atoms with Gasteiger partial charge in [-0.05, 0) is 49.7 Å². The van der Waals surface area contributed by atoms with E-state index in [0.717, 1.165) is 5.57 Å². The zero-order valence-corrected chi connectivity index (χ0v) is 19.2. The smallest absolute Gasteiger partial charge is 0.457 e. The van der Waals surface area contributed by atoms with Crippen LogP contribution in [0.1, 0.15) is 46.5 Å². The van der Waals surface area contributed by atoms with Crippen molar-refractivity contribution in [1.29, 1.82) is 0 Å². The Labute approximate surface area is 195 Å². The number of halogens is 3. The predicted molar refractivity (Wildman–Crippen MR) is 113 cm³/mol. The molecule has 2 saturated carbocycles. The molecule has 0 heterocycles. The number of allylic oxidation sites excluding steroid dienone is 5. The van der Waals surface area contributed by atoms with E-state index in [1.165, 1.54) is 19.1 Å². The fraction of sp³-hybridized carbons (Fsp3) is 0.600. The number of ketones is 2. The molecular weight excluding hydrogens is 453 g/mol. The van der Waals surface area contributed by atoms with Crippen LogP contribution in [0.3, 0.4) is 0 Å². The molecule has 6 nitrogen and oxygen atoms in total. The van der Waals surface area contributed by atoms with Gasteiger partial charge in [-0.15, -0.1) is 0 Å². The van der Waals surface area contributed by atoms with E-state index in [-0.39, 0.29) is 24.0 Å². The zero-order valence-electron chi connectivity index (χ0n) is 19.2. The molecule has 0 bridgehead atoms.